The predicted octanol–water partition coefficient (Wildman–Crippen LogP) is 29.5. The van der Waals surface area contributed by atoms with Crippen LogP contribution in [0, 0.1) is 215 Å². The Hall–Kier alpha value is -4.45. The Morgan fingerprint density at radius 1 is 0.350 bits per heavy atom. The normalized spacial score (nSPS) is 43.8. The van der Waals surface area contributed by atoms with Crippen molar-refractivity contribution in [3.63, 3.8) is 0 Å². The summed E-state index contributed by atoms with van der Waals surface area (Å²) in [6.45, 7) is 47.8. The molecule has 13 atom stereocenters. The van der Waals surface area contributed by atoms with Crippen molar-refractivity contribution in [1.82, 2.24) is 0 Å². The van der Waals surface area contributed by atoms with Gasteiger partial charge in [0.1, 0.15) is 39.2 Å². The van der Waals surface area contributed by atoms with E-state index in [0.717, 1.165) is 209 Å². The molecule has 0 amide bonds. The van der Waals surface area contributed by atoms with Crippen molar-refractivity contribution in [3.8, 4) is 0 Å². The third-order valence-corrected chi connectivity index (χ3v) is 48.9. The van der Waals surface area contributed by atoms with Gasteiger partial charge < -0.3 is 37.9 Å². The maximum Gasteiger partial charge on any atom is 0.404 e. The van der Waals surface area contributed by atoms with Crippen LogP contribution in [0.1, 0.15) is 462 Å². The number of halogens is 3. The SMILES string of the molecule is CCC(C)(C)C(=O)OC(C)(C)C12CC3CC(CC(C3)C1)C2.CCC(C)(C)C(=O)OC1(C)C2CC3C4CC5CC3C1C(C5)C4C2.CCC(C)(C)C(=O)OC1(CC)C2CC3CC(C2)CC1C3.CCC(C)(C)C(=O)OC12CC3CC(C1)CC(C(=O)OCC(=O)OC1(CC)C4CC5CC(C4)CC1C5)(C3)C2.CCC(C)C(=O)OC(C)(C)C12CC3CC4C5CC(CC41)CC2C5C3.CCC1(OC(=O)C(C)(CC)C(F)(F)F)CCCC1. The first-order valence-electron chi connectivity index (χ1n) is 59.9. The third kappa shape index (κ3) is 18.7. The van der Waals surface area contributed by atoms with Crippen molar-refractivity contribution in [2.24, 2.45) is 215 Å². The molecule has 143 heavy (non-hydrogen) atoms. The van der Waals surface area contributed by atoms with E-state index in [9.17, 15) is 51.5 Å². The molecule has 31 saturated carbocycles. The minimum atomic E-state index is -4.56. The molecule has 808 valence electrons. The van der Waals surface area contributed by atoms with E-state index in [1.54, 1.807) is 0 Å². The van der Waals surface area contributed by atoms with Crippen LogP contribution in [0.2, 0.25) is 0 Å². The number of rotatable bonds is 27. The molecule has 31 aliphatic carbocycles. The average Bonchev–Trinajstić information content (AvgIpc) is 0.836. The molecule has 0 spiro atoms. The Kier molecular flexibility index (Phi) is 29.3. The molecule has 31 aliphatic rings. The minimum absolute atomic E-state index is 0.00857. The molecule has 31 fully saturated rings. The van der Waals surface area contributed by atoms with Crippen molar-refractivity contribution >= 4 is 47.8 Å². The summed E-state index contributed by atoms with van der Waals surface area (Å²) < 4.78 is 87.6. The van der Waals surface area contributed by atoms with Crippen LogP contribution in [0.15, 0.2) is 0 Å². The molecular formula is C124H195F3O16. The van der Waals surface area contributed by atoms with Gasteiger partial charge in [-0.1, -0.05) is 69.2 Å². The molecule has 0 N–H and O–H groups in total. The molecular weight excluding hydrogens is 1800 g/mol. The fourth-order valence-electron chi connectivity index (χ4n) is 40.0. The summed E-state index contributed by atoms with van der Waals surface area (Å²) in [5.74, 6) is 20.8. The van der Waals surface area contributed by atoms with E-state index >= 15 is 0 Å². The Balaban J connectivity index is 0.000000115. The monoisotopic (exact) mass is 2000 g/mol. The van der Waals surface area contributed by atoms with Crippen molar-refractivity contribution in [1.29, 1.82) is 0 Å². The van der Waals surface area contributed by atoms with Gasteiger partial charge in [0.25, 0.3) is 0 Å². The van der Waals surface area contributed by atoms with Crippen molar-refractivity contribution < 1.29 is 89.4 Å². The second kappa shape index (κ2) is 38.7. The summed E-state index contributed by atoms with van der Waals surface area (Å²) in [6.07, 6.45) is 46.4. The lowest BCUT2D eigenvalue weighted by Gasteiger charge is -2.77. The van der Waals surface area contributed by atoms with Gasteiger partial charge in [0.15, 0.2) is 12.0 Å². The lowest BCUT2D eigenvalue weighted by molar-refractivity contribution is -0.309. The van der Waals surface area contributed by atoms with Crippen LogP contribution in [0.4, 0.5) is 13.2 Å². The standard InChI is InChI=1S/C31H46O6.C22H34O2.C21H32O2.C19H32O2.C18H30O2.C13H21F3O2/c1-5-28(3,4)26(33)37-30-15-21-8-22(16-30)14-29(13-21,18-30)27(34)35-17-25(32)36-31(6-2)23-9-19-7-20(11-23)12-24(31)10-19;1-5-12(2)20(23)24-21(3,4)22-11-14-7-16-15-6-13(9-18(16)22)10-19(22)17(15)8-14;1-5-20(2,3)19(22)23-21(4)12-9-14-13-6-11-7-16(14)18(21)17(8-11)15(13)10-12;1-6-17(2,3)16(20)21-18(4,5)19-10-13-7-14(11-19)9-15(8-13)12-19;1-5-17(3,4)16(19)20-18(6-2)14-8-12-7-13(10-14)11-15(18)9-12;1-4-11(3,13(14,15)16)10(17)18-12(5-2)8-6-7-9-12/h19-24H,5-18H2,1-4H3;12-19H,5-11H2,1-4H3;11-18H,5-10H2,1-4H3;13-15H,6-12H2,1-5H3;12-15H,5-11H2,1-4H3;4-9H2,1-3H3. The second-order valence-corrected chi connectivity index (χ2v) is 58.6. The molecule has 0 aromatic heterocycles. The number of alkyl halides is 3. The van der Waals surface area contributed by atoms with Crippen LogP contribution in [-0.2, 0) is 76.3 Å². The van der Waals surface area contributed by atoms with Crippen molar-refractivity contribution in [2.45, 2.75) is 507 Å². The van der Waals surface area contributed by atoms with Gasteiger partial charge in [-0.3, -0.25) is 33.6 Å². The largest absolute Gasteiger partial charge is 0.459 e. The summed E-state index contributed by atoms with van der Waals surface area (Å²) in [5, 5.41) is 0. The van der Waals surface area contributed by atoms with E-state index in [4.69, 9.17) is 37.9 Å². The first-order valence-corrected chi connectivity index (χ1v) is 59.9. The highest BCUT2D eigenvalue weighted by Crippen LogP contribution is 2.80. The smallest absolute Gasteiger partial charge is 0.404 e. The highest BCUT2D eigenvalue weighted by atomic mass is 19.4. The van der Waals surface area contributed by atoms with E-state index in [1.165, 1.54) is 180 Å². The van der Waals surface area contributed by atoms with Crippen LogP contribution in [0.3, 0.4) is 0 Å². The van der Waals surface area contributed by atoms with Crippen LogP contribution in [0.5, 0.6) is 0 Å². The zero-order chi connectivity index (χ0) is 103. The van der Waals surface area contributed by atoms with Gasteiger partial charge in [0.05, 0.1) is 33.0 Å². The Bertz CT molecular complexity index is 4520. The number of hydrogen-bond acceptors (Lipinski definition) is 16. The molecule has 32 bridgehead atoms. The summed E-state index contributed by atoms with van der Waals surface area (Å²) in [6, 6.07) is 0. The maximum absolute atomic E-state index is 13.6. The Morgan fingerprint density at radius 3 is 1.17 bits per heavy atom. The number of carbonyl (C=O) groups excluding carboxylic acids is 8. The number of carbonyl (C=O) groups is 8. The molecule has 0 aromatic rings. The summed E-state index contributed by atoms with van der Waals surface area (Å²) in [5.41, 5.74) is -6.57. The van der Waals surface area contributed by atoms with Crippen molar-refractivity contribution in [2.75, 3.05) is 6.61 Å². The Labute approximate surface area is 860 Å². The second-order valence-electron chi connectivity index (χ2n) is 58.6. The highest BCUT2D eigenvalue weighted by molar-refractivity contribution is 5.83. The Morgan fingerprint density at radius 2 is 0.734 bits per heavy atom. The first-order chi connectivity index (χ1) is 67.0. The molecule has 0 aliphatic heterocycles. The van der Waals surface area contributed by atoms with E-state index in [2.05, 4.69) is 76.2 Å². The van der Waals surface area contributed by atoms with E-state index in [-0.39, 0.29) is 104 Å². The number of ether oxygens (including phenoxy) is 8. The van der Waals surface area contributed by atoms with Crippen molar-refractivity contribution in [3.05, 3.63) is 0 Å². The summed E-state index contributed by atoms with van der Waals surface area (Å²) >= 11 is 0. The first kappa shape index (κ1) is 108. The maximum atomic E-state index is 13.6. The molecule has 16 nitrogen and oxygen atoms in total. The fourth-order valence-corrected chi connectivity index (χ4v) is 40.0. The van der Waals surface area contributed by atoms with Crippen LogP contribution < -0.4 is 0 Å². The zero-order valence-electron chi connectivity index (χ0n) is 93.6. The predicted molar refractivity (Wildman–Crippen MR) is 548 cm³/mol. The molecule has 0 heterocycles. The zero-order valence-corrected chi connectivity index (χ0v) is 93.6. The minimum Gasteiger partial charge on any atom is -0.459 e. The quantitative estimate of drug-likeness (QED) is 0.0553. The lowest BCUT2D eigenvalue weighted by atomic mass is 9.28. The van der Waals surface area contributed by atoms with Gasteiger partial charge in [-0.15, -0.1) is 0 Å². The molecule has 0 saturated heterocycles. The lowest BCUT2D eigenvalue weighted by Crippen LogP contribution is -2.73. The van der Waals surface area contributed by atoms with Crippen LogP contribution in [-0.4, -0.2) is 99.7 Å². The van der Waals surface area contributed by atoms with Crippen LogP contribution >= 0.6 is 0 Å². The summed E-state index contributed by atoms with van der Waals surface area (Å²) in [4.78, 5) is 102. The number of esters is 8. The van der Waals surface area contributed by atoms with Gasteiger partial charge in [0.2, 0.25) is 0 Å². The fraction of sp³-hybridized carbons (Fsp3) is 0.935. The summed E-state index contributed by atoms with van der Waals surface area (Å²) in [7, 11) is 0. The third-order valence-electron chi connectivity index (χ3n) is 48.9. The van der Waals surface area contributed by atoms with E-state index < -0.39 is 45.6 Å². The molecule has 31 rings (SSSR count). The molecule has 0 radical (unpaired) electrons. The van der Waals surface area contributed by atoms with Gasteiger partial charge in [-0.2, -0.15) is 13.2 Å². The van der Waals surface area contributed by atoms with E-state index in [1.807, 2.05) is 76.2 Å². The van der Waals surface area contributed by atoms with E-state index in [0.29, 0.717) is 84.9 Å². The molecule has 13 unspecified atom stereocenters. The number of hydrogen-bond donors (Lipinski definition) is 0. The van der Waals surface area contributed by atoms with Gasteiger partial charge >= 0.3 is 53.9 Å². The van der Waals surface area contributed by atoms with Gasteiger partial charge in [-0.05, 0) is 546 Å². The van der Waals surface area contributed by atoms with Gasteiger partial charge in [0, 0.05) is 23.2 Å². The highest BCUT2D eigenvalue weighted by Gasteiger charge is 2.77. The topological polar surface area (TPSA) is 210 Å². The van der Waals surface area contributed by atoms with Crippen LogP contribution in [0.25, 0.3) is 0 Å². The molecule has 0 aromatic carbocycles. The average molecular weight is 2000 g/mol. The molecule has 19 heteroatoms. The van der Waals surface area contributed by atoms with Gasteiger partial charge in [-0.25, -0.2) is 4.79 Å².